The third-order valence-electron chi connectivity index (χ3n) is 3.79. The number of rotatable bonds is 1. The molecule has 0 aromatic heterocycles. The highest BCUT2D eigenvalue weighted by Gasteiger charge is 2.85. The minimum atomic E-state index is -1.73. The van der Waals surface area contributed by atoms with Crippen LogP contribution in [0.5, 0.6) is 0 Å². The van der Waals surface area contributed by atoms with Crippen LogP contribution in [0, 0.1) is 11.8 Å². The predicted octanol–water partition coefficient (Wildman–Crippen LogP) is -1.17. The summed E-state index contributed by atoms with van der Waals surface area (Å²) in [7, 11) is 0. The molecule has 1 aliphatic heterocycles. The molecule has 0 spiro atoms. The Labute approximate surface area is 88.3 Å². The van der Waals surface area contributed by atoms with E-state index in [9.17, 15) is 20.4 Å². The molecule has 2 aliphatic rings. The molecule has 0 aromatic carbocycles. The SMILES string of the molecule is CC(C)C1[C@@]2(O)[C@@H](O)[C@H](C)O[C@@H](O)[C@@]12O. The average molecular weight is 218 g/mol. The molecule has 5 nitrogen and oxygen atoms in total. The molecule has 5 heteroatoms. The lowest BCUT2D eigenvalue weighted by Crippen LogP contribution is -2.56. The van der Waals surface area contributed by atoms with E-state index in [1.165, 1.54) is 0 Å². The van der Waals surface area contributed by atoms with Crippen molar-refractivity contribution < 1.29 is 25.2 Å². The summed E-state index contributed by atoms with van der Waals surface area (Å²) in [6.07, 6.45) is -3.29. The molecule has 0 radical (unpaired) electrons. The standard InChI is InChI=1S/C10H18O5/c1-4(2)6-9(13)7(11)5(3)15-8(12)10(6,9)14/h4-8,11-14H,1-3H3/t5-,6?,7-,8+,9+,10-/m0/s1. The number of ether oxygens (including phenoxy) is 1. The maximum atomic E-state index is 10.2. The van der Waals surface area contributed by atoms with Crippen molar-refractivity contribution in [1.82, 2.24) is 0 Å². The molecule has 1 aliphatic carbocycles. The van der Waals surface area contributed by atoms with E-state index >= 15 is 0 Å². The van der Waals surface area contributed by atoms with Gasteiger partial charge in [0.1, 0.15) is 11.7 Å². The van der Waals surface area contributed by atoms with E-state index in [4.69, 9.17) is 4.74 Å². The predicted molar refractivity (Wildman–Crippen MR) is 50.8 cm³/mol. The quantitative estimate of drug-likeness (QED) is 0.445. The van der Waals surface area contributed by atoms with E-state index < -0.39 is 35.6 Å². The van der Waals surface area contributed by atoms with Crippen LogP contribution in [0.25, 0.3) is 0 Å². The molecule has 88 valence electrons. The van der Waals surface area contributed by atoms with Gasteiger partial charge >= 0.3 is 0 Å². The van der Waals surface area contributed by atoms with Crippen LogP contribution in [-0.4, -0.2) is 50.1 Å². The van der Waals surface area contributed by atoms with Gasteiger partial charge in [0.05, 0.1) is 6.10 Å². The maximum Gasteiger partial charge on any atom is 0.187 e. The Hall–Kier alpha value is -0.200. The third-order valence-corrected chi connectivity index (χ3v) is 3.79. The zero-order valence-electron chi connectivity index (χ0n) is 9.08. The molecule has 0 aromatic rings. The van der Waals surface area contributed by atoms with Gasteiger partial charge in [0.2, 0.25) is 0 Å². The first-order valence-electron chi connectivity index (χ1n) is 5.24. The van der Waals surface area contributed by atoms with Crippen molar-refractivity contribution in [3.05, 3.63) is 0 Å². The van der Waals surface area contributed by atoms with Crippen molar-refractivity contribution >= 4 is 0 Å². The first kappa shape index (κ1) is 11.3. The molecule has 2 fully saturated rings. The lowest BCUT2D eigenvalue weighted by Gasteiger charge is -2.35. The van der Waals surface area contributed by atoms with Crippen LogP contribution >= 0.6 is 0 Å². The van der Waals surface area contributed by atoms with E-state index in [1.54, 1.807) is 6.92 Å². The number of hydrogen-bond acceptors (Lipinski definition) is 5. The van der Waals surface area contributed by atoms with Gasteiger partial charge in [0.15, 0.2) is 11.9 Å². The number of aliphatic hydroxyl groups excluding tert-OH is 2. The molecule has 1 saturated carbocycles. The molecule has 4 N–H and O–H groups in total. The largest absolute Gasteiger partial charge is 0.387 e. The zero-order chi connectivity index (χ0) is 11.6. The summed E-state index contributed by atoms with van der Waals surface area (Å²) in [5, 5.41) is 39.7. The highest BCUT2D eigenvalue weighted by molar-refractivity contribution is 5.32. The highest BCUT2D eigenvalue weighted by Crippen LogP contribution is 2.64. The van der Waals surface area contributed by atoms with Gasteiger partial charge in [-0.25, -0.2) is 0 Å². The van der Waals surface area contributed by atoms with Gasteiger partial charge in [-0.2, -0.15) is 0 Å². The van der Waals surface area contributed by atoms with E-state index in [-0.39, 0.29) is 5.92 Å². The lowest BCUT2D eigenvalue weighted by molar-refractivity contribution is -0.278. The fourth-order valence-electron chi connectivity index (χ4n) is 3.05. The minimum Gasteiger partial charge on any atom is -0.387 e. The molecule has 0 amide bonds. The van der Waals surface area contributed by atoms with Gasteiger partial charge in [-0.15, -0.1) is 0 Å². The van der Waals surface area contributed by atoms with E-state index in [2.05, 4.69) is 0 Å². The number of hydrogen-bond donors (Lipinski definition) is 4. The first-order valence-corrected chi connectivity index (χ1v) is 5.24. The Balaban J connectivity index is 2.36. The molecular formula is C10H18O5. The second kappa shape index (κ2) is 2.93. The third kappa shape index (κ3) is 1.05. The smallest absolute Gasteiger partial charge is 0.187 e. The van der Waals surface area contributed by atoms with Crippen LogP contribution < -0.4 is 0 Å². The Morgan fingerprint density at radius 1 is 1.13 bits per heavy atom. The summed E-state index contributed by atoms with van der Waals surface area (Å²) in [6, 6.07) is 0. The average Bonchev–Trinajstić information content (AvgIpc) is 2.64. The summed E-state index contributed by atoms with van der Waals surface area (Å²) in [6.45, 7) is 5.20. The van der Waals surface area contributed by atoms with Crippen LogP contribution in [0.15, 0.2) is 0 Å². The van der Waals surface area contributed by atoms with Gasteiger partial charge in [-0.1, -0.05) is 13.8 Å². The molecule has 2 rings (SSSR count). The second-order valence-electron chi connectivity index (χ2n) is 5.01. The van der Waals surface area contributed by atoms with Gasteiger partial charge in [0.25, 0.3) is 0 Å². The molecule has 0 bridgehead atoms. The molecule has 1 unspecified atom stereocenters. The summed E-state index contributed by atoms with van der Waals surface area (Å²) in [5.74, 6) is -0.599. The Kier molecular flexibility index (Phi) is 2.20. The Morgan fingerprint density at radius 3 is 2.13 bits per heavy atom. The van der Waals surface area contributed by atoms with Gasteiger partial charge in [-0.3, -0.25) is 0 Å². The lowest BCUT2D eigenvalue weighted by atomic mass is 9.98. The summed E-state index contributed by atoms with van der Waals surface area (Å²) in [5.41, 5.74) is -3.37. The van der Waals surface area contributed by atoms with E-state index in [0.717, 1.165) is 0 Å². The fourth-order valence-corrected chi connectivity index (χ4v) is 3.05. The molecule has 1 saturated heterocycles. The summed E-state index contributed by atoms with van der Waals surface area (Å²) >= 11 is 0. The Morgan fingerprint density at radius 2 is 1.67 bits per heavy atom. The fraction of sp³-hybridized carbons (Fsp3) is 1.00. The van der Waals surface area contributed by atoms with Crippen LogP contribution in [0.1, 0.15) is 20.8 Å². The molecule has 1 heterocycles. The van der Waals surface area contributed by atoms with Crippen LogP contribution in [0.3, 0.4) is 0 Å². The van der Waals surface area contributed by atoms with Crippen molar-refractivity contribution in [3.63, 3.8) is 0 Å². The highest BCUT2D eigenvalue weighted by atomic mass is 16.6. The van der Waals surface area contributed by atoms with Crippen molar-refractivity contribution in [3.8, 4) is 0 Å². The number of aliphatic hydroxyl groups is 4. The van der Waals surface area contributed by atoms with Gasteiger partial charge in [0, 0.05) is 5.92 Å². The van der Waals surface area contributed by atoms with Crippen molar-refractivity contribution in [2.75, 3.05) is 0 Å². The summed E-state index contributed by atoms with van der Waals surface area (Å²) < 4.78 is 5.00. The van der Waals surface area contributed by atoms with Crippen LogP contribution in [0.2, 0.25) is 0 Å². The Bertz CT molecular complexity index is 281. The van der Waals surface area contributed by atoms with E-state index in [0.29, 0.717) is 0 Å². The van der Waals surface area contributed by atoms with Crippen molar-refractivity contribution in [2.24, 2.45) is 11.8 Å². The molecular weight excluding hydrogens is 200 g/mol. The topological polar surface area (TPSA) is 90.2 Å². The maximum absolute atomic E-state index is 10.2. The zero-order valence-corrected chi connectivity index (χ0v) is 9.08. The summed E-state index contributed by atoms with van der Waals surface area (Å²) in [4.78, 5) is 0. The van der Waals surface area contributed by atoms with Crippen molar-refractivity contribution in [2.45, 2.75) is 50.5 Å². The number of fused-ring (bicyclic) bond motifs is 1. The first-order chi connectivity index (χ1) is 6.77. The van der Waals surface area contributed by atoms with E-state index in [1.807, 2.05) is 13.8 Å². The second-order valence-corrected chi connectivity index (χ2v) is 5.01. The molecule has 6 atom stereocenters. The van der Waals surface area contributed by atoms with Crippen molar-refractivity contribution in [1.29, 1.82) is 0 Å². The molecule has 15 heavy (non-hydrogen) atoms. The van der Waals surface area contributed by atoms with Gasteiger partial charge < -0.3 is 25.2 Å². The van der Waals surface area contributed by atoms with Gasteiger partial charge in [-0.05, 0) is 12.8 Å². The monoisotopic (exact) mass is 218 g/mol. The normalized spacial score (nSPS) is 59.2. The van der Waals surface area contributed by atoms with Crippen LogP contribution in [0.4, 0.5) is 0 Å². The minimum absolute atomic E-state index is 0.0433. The van der Waals surface area contributed by atoms with Crippen LogP contribution in [-0.2, 0) is 4.74 Å².